The van der Waals surface area contributed by atoms with Crippen LogP contribution in [-0.4, -0.2) is 22.6 Å². The van der Waals surface area contributed by atoms with Crippen LogP contribution < -0.4 is 5.32 Å². The number of halogens is 1. The molecule has 1 aromatic heterocycles. The second kappa shape index (κ2) is 7.47. The molecule has 24 heavy (non-hydrogen) atoms. The summed E-state index contributed by atoms with van der Waals surface area (Å²) < 4.78 is 18.3. The molecule has 3 rings (SSSR count). The summed E-state index contributed by atoms with van der Waals surface area (Å²) in [5, 5.41) is 7.04. The van der Waals surface area contributed by atoms with Crippen molar-refractivity contribution in [3.63, 3.8) is 0 Å². The first-order chi connectivity index (χ1) is 11.7. The molecule has 0 aliphatic carbocycles. The van der Waals surface area contributed by atoms with Crippen LogP contribution >= 0.6 is 0 Å². The van der Waals surface area contributed by atoms with Gasteiger partial charge in [0.05, 0.1) is 6.04 Å². The normalized spacial score (nSPS) is 17.2. The SMILES string of the molecule is CCCc1cc([C@@H]2CCCN2C(=O)NCc2ccc(F)cc2)no1. The summed E-state index contributed by atoms with van der Waals surface area (Å²) in [4.78, 5) is 14.3. The zero-order valence-electron chi connectivity index (χ0n) is 13.8. The number of aromatic nitrogens is 1. The molecule has 2 amide bonds. The fourth-order valence-electron chi connectivity index (χ4n) is 3.05. The molecular formula is C18H22FN3O2. The Hall–Kier alpha value is -2.37. The standard InChI is InChI=1S/C18H22FN3O2/c1-2-4-15-11-16(21-24-15)17-5-3-10-22(17)18(23)20-12-13-6-8-14(19)9-7-13/h6-9,11,17H,2-5,10,12H2,1H3,(H,20,23)/t17-/m0/s1. The van der Waals surface area contributed by atoms with Crippen LogP contribution in [0.15, 0.2) is 34.9 Å². The summed E-state index contributed by atoms with van der Waals surface area (Å²) >= 11 is 0. The second-order valence-electron chi connectivity index (χ2n) is 6.10. The number of carbonyl (C=O) groups is 1. The maximum atomic E-state index is 12.9. The lowest BCUT2D eigenvalue weighted by Crippen LogP contribution is -2.39. The Morgan fingerprint density at radius 1 is 1.42 bits per heavy atom. The molecule has 128 valence electrons. The van der Waals surface area contributed by atoms with Gasteiger partial charge < -0.3 is 14.7 Å². The van der Waals surface area contributed by atoms with E-state index < -0.39 is 0 Å². The van der Waals surface area contributed by atoms with E-state index in [-0.39, 0.29) is 17.9 Å². The number of carbonyl (C=O) groups excluding carboxylic acids is 1. The van der Waals surface area contributed by atoms with Gasteiger partial charge in [0, 0.05) is 25.6 Å². The monoisotopic (exact) mass is 331 g/mol. The van der Waals surface area contributed by atoms with Crippen molar-refractivity contribution >= 4 is 6.03 Å². The van der Waals surface area contributed by atoms with E-state index in [4.69, 9.17) is 4.52 Å². The van der Waals surface area contributed by atoms with E-state index in [0.29, 0.717) is 13.1 Å². The molecule has 2 aromatic rings. The van der Waals surface area contributed by atoms with Crippen molar-refractivity contribution < 1.29 is 13.7 Å². The van der Waals surface area contributed by atoms with Gasteiger partial charge in [-0.25, -0.2) is 9.18 Å². The van der Waals surface area contributed by atoms with Crippen LogP contribution in [0.1, 0.15) is 49.2 Å². The highest BCUT2D eigenvalue weighted by molar-refractivity contribution is 5.75. The fraction of sp³-hybridized carbons (Fsp3) is 0.444. The summed E-state index contributed by atoms with van der Waals surface area (Å²) in [6.45, 7) is 3.17. The van der Waals surface area contributed by atoms with Crippen LogP contribution in [0.3, 0.4) is 0 Å². The topological polar surface area (TPSA) is 58.4 Å². The van der Waals surface area contributed by atoms with Crippen molar-refractivity contribution in [3.8, 4) is 0 Å². The maximum Gasteiger partial charge on any atom is 0.318 e. The van der Waals surface area contributed by atoms with Crippen LogP contribution in [-0.2, 0) is 13.0 Å². The molecule has 0 spiro atoms. The van der Waals surface area contributed by atoms with Gasteiger partial charge in [-0.1, -0.05) is 24.2 Å². The van der Waals surface area contributed by atoms with E-state index in [1.165, 1.54) is 12.1 Å². The number of rotatable bonds is 5. The van der Waals surface area contributed by atoms with Gasteiger partial charge in [0.25, 0.3) is 0 Å². The van der Waals surface area contributed by atoms with Crippen molar-refractivity contribution in [1.29, 1.82) is 0 Å². The Morgan fingerprint density at radius 2 is 2.21 bits per heavy atom. The van der Waals surface area contributed by atoms with Crippen LogP contribution in [0.2, 0.25) is 0 Å². The van der Waals surface area contributed by atoms with Gasteiger partial charge in [-0.2, -0.15) is 0 Å². The molecule has 1 N–H and O–H groups in total. The lowest BCUT2D eigenvalue weighted by molar-refractivity contribution is 0.190. The largest absolute Gasteiger partial charge is 0.361 e. The molecule has 1 aromatic carbocycles. The molecule has 6 heteroatoms. The van der Waals surface area contributed by atoms with Gasteiger partial charge >= 0.3 is 6.03 Å². The quantitative estimate of drug-likeness (QED) is 0.906. The summed E-state index contributed by atoms with van der Waals surface area (Å²) in [6, 6.07) is 7.93. The molecule has 1 saturated heterocycles. The molecule has 0 bridgehead atoms. The van der Waals surface area contributed by atoms with E-state index in [9.17, 15) is 9.18 Å². The number of amides is 2. The van der Waals surface area contributed by atoms with Gasteiger partial charge in [-0.05, 0) is 37.0 Å². The van der Waals surface area contributed by atoms with Crippen LogP contribution in [0, 0.1) is 5.82 Å². The highest BCUT2D eigenvalue weighted by Gasteiger charge is 2.32. The average Bonchev–Trinajstić information content (AvgIpc) is 3.23. The molecule has 5 nitrogen and oxygen atoms in total. The van der Waals surface area contributed by atoms with E-state index in [2.05, 4.69) is 17.4 Å². The van der Waals surface area contributed by atoms with Gasteiger partial charge in [-0.3, -0.25) is 0 Å². The zero-order valence-corrected chi connectivity index (χ0v) is 13.8. The van der Waals surface area contributed by atoms with Crippen molar-refractivity contribution in [3.05, 3.63) is 53.2 Å². The number of nitrogens with zero attached hydrogens (tertiary/aromatic N) is 2. The Morgan fingerprint density at radius 3 is 2.96 bits per heavy atom. The molecule has 0 radical (unpaired) electrons. The highest BCUT2D eigenvalue weighted by atomic mass is 19.1. The Labute approximate surface area is 140 Å². The summed E-state index contributed by atoms with van der Waals surface area (Å²) in [5.74, 6) is 0.588. The molecular weight excluding hydrogens is 309 g/mol. The van der Waals surface area contributed by atoms with E-state index >= 15 is 0 Å². The van der Waals surface area contributed by atoms with Crippen molar-refractivity contribution in [2.24, 2.45) is 0 Å². The minimum absolute atomic E-state index is 0.0347. The summed E-state index contributed by atoms with van der Waals surface area (Å²) in [6.07, 6.45) is 3.70. The number of hydrogen-bond donors (Lipinski definition) is 1. The first kappa shape index (κ1) is 16.5. The first-order valence-corrected chi connectivity index (χ1v) is 8.41. The molecule has 1 aliphatic heterocycles. The number of hydrogen-bond acceptors (Lipinski definition) is 3. The number of benzene rings is 1. The lowest BCUT2D eigenvalue weighted by atomic mass is 10.1. The van der Waals surface area contributed by atoms with Crippen LogP contribution in [0.4, 0.5) is 9.18 Å². The van der Waals surface area contributed by atoms with Crippen LogP contribution in [0.5, 0.6) is 0 Å². The van der Waals surface area contributed by atoms with Crippen molar-refractivity contribution in [2.45, 2.75) is 45.2 Å². The van der Waals surface area contributed by atoms with E-state index in [1.807, 2.05) is 6.07 Å². The summed E-state index contributed by atoms with van der Waals surface area (Å²) in [7, 11) is 0. The molecule has 0 unspecified atom stereocenters. The lowest BCUT2D eigenvalue weighted by Gasteiger charge is -2.23. The number of urea groups is 1. The fourth-order valence-corrected chi connectivity index (χ4v) is 3.05. The molecule has 1 atom stereocenters. The smallest absolute Gasteiger partial charge is 0.318 e. The zero-order chi connectivity index (χ0) is 16.9. The third kappa shape index (κ3) is 3.75. The maximum absolute atomic E-state index is 12.9. The second-order valence-corrected chi connectivity index (χ2v) is 6.10. The minimum atomic E-state index is -0.279. The summed E-state index contributed by atoms with van der Waals surface area (Å²) in [5.41, 5.74) is 1.69. The van der Waals surface area contributed by atoms with Crippen LogP contribution in [0.25, 0.3) is 0 Å². The third-order valence-corrected chi connectivity index (χ3v) is 4.29. The Balaban J connectivity index is 1.61. The van der Waals surface area contributed by atoms with Crippen molar-refractivity contribution in [1.82, 2.24) is 15.4 Å². The number of aryl methyl sites for hydroxylation is 1. The molecule has 2 heterocycles. The van der Waals surface area contributed by atoms with Gasteiger partial charge in [0.1, 0.15) is 17.3 Å². The predicted octanol–water partition coefficient (Wildman–Crippen LogP) is 3.81. The molecule has 1 aliphatic rings. The Bertz CT molecular complexity index is 684. The van der Waals surface area contributed by atoms with Gasteiger partial charge in [0.2, 0.25) is 0 Å². The number of likely N-dealkylation sites (tertiary alicyclic amines) is 1. The molecule has 0 saturated carbocycles. The van der Waals surface area contributed by atoms with Gasteiger partial charge in [0.15, 0.2) is 0 Å². The predicted molar refractivity (Wildman–Crippen MR) is 87.8 cm³/mol. The number of nitrogens with one attached hydrogen (secondary N) is 1. The average molecular weight is 331 g/mol. The minimum Gasteiger partial charge on any atom is -0.361 e. The van der Waals surface area contributed by atoms with E-state index in [1.54, 1.807) is 17.0 Å². The third-order valence-electron chi connectivity index (χ3n) is 4.29. The highest BCUT2D eigenvalue weighted by Crippen LogP contribution is 2.31. The van der Waals surface area contributed by atoms with E-state index in [0.717, 1.165) is 42.7 Å². The molecule has 1 fully saturated rings. The Kier molecular flexibility index (Phi) is 5.13. The van der Waals surface area contributed by atoms with Crippen molar-refractivity contribution in [2.75, 3.05) is 6.54 Å². The van der Waals surface area contributed by atoms with Gasteiger partial charge in [-0.15, -0.1) is 0 Å². The first-order valence-electron chi connectivity index (χ1n) is 8.41.